The number of halogens is 1. The number of benzene rings is 1. The first-order chi connectivity index (χ1) is 18.9. The summed E-state index contributed by atoms with van der Waals surface area (Å²) in [5.41, 5.74) is 0.155. The number of ether oxygens (including phenoxy) is 3. The number of hydrogen-bond acceptors (Lipinski definition) is 8. The van der Waals surface area contributed by atoms with E-state index in [1.807, 2.05) is 18.2 Å². The van der Waals surface area contributed by atoms with Crippen molar-refractivity contribution in [3.63, 3.8) is 0 Å². The minimum Gasteiger partial charge on any atom is -0.490 e. The molecule has 12 heteroatoms. The maximum absolute atomic E-state index is 13.5. The molecule has 2 aliphatic heterocycles. The Kier molecular flexibility index (Phi) is 8.63. The van der Waals surface area contributed by atoms with E-state index in [1.165, 1.54) is 24.0 Å². The van der Waals surface area contributed by atoms with Gasteiger partial charge in [0.25, 0.3) is 5.91 Å². The predicted octanol–water partition coefficient (Wildman–Crippen LogP) is 4.13. The number of pyridine rings is 1. The van der Waals surface area contributed by atoms with Crippen LogP contribution in [0.1, 0.15) is 43.6 Å². The Balaban J connectivity index is 1.68. The molecule has 0 saturated carbocycles. The lowest BCUT2D eigenvalue weighted by Crippen LogP contribution is -2.47. The van der Waals surface area contributed by atoms with Crippen molar-refractivity contribution in [3.05, 3.63) is 64.8 Å². The van der Waals surface area contributed by atoms with Crippen LogP contribution in [0.5, 0.6) is 5.75 Å². The average molecular weight is 571 g/mol. The van der Waals surface area contributed by atoms with E-state index in [0.29, 0.717) is 5.75 Å². The van der Waals surface area contributed by atoms with Crippen molar-refractivity contribution in [2.75, 3.05) is 24.6 Å². The molecule has 1 aromatic heterocycles. The molecule has 1 saturated heterocycles. The third kappa shape index (κ3) is 7.29. The van der Waals surface area contributed by atoms with Crippen LogP contribution in [0.15, 0.2) is 48.6 Å². The van der Waals surface area contributed by atoms with Gasteiger partial charge in [-0.25, -0.2) is 19.5 Å². The SMILES string of the molecule is CC(=O)N1C/C=C\COc2cccc(c2)C[C@@H]([C@H]2CN(C(=O)OC(C)(C)C)C(=O)O2)NC(=O)c2cc(Cl)nc1c2. The highest BCUT2D eigenvalue weighted by Crippen LogP contribution is 2.24. The van der Waals surface area contributed by atoms with Gasteiger partial charge in [-0.05, 0) is 63.1 Å². The third-order valence-corrected chi connectivity index (χ3v) is 6.26. The molecule has 4 rings (SSSR count). The van der Waals surface area contributed by atoms with Crippen molar-refractivity contribution in [3.8, 4) is 5.75 Å². The molecule has 2 aliphatic rings. The van der Waals surface area contributed by atoms with Crippen molar-refractivity contribution in [1.29, 1.82) is 0 Å². The van der Waals surface area contributed by atoms with Gasteiger partial charge in [-0.15, -0.1) is 0 Å². The van der Waals surface area contributed by atoms with E-state index in [1.54, 1.807) is 39.0 Å². The summed E-state index contributed by atoms with van der Waals surface area (Å²) in [5.74, 6) is -0.0208. The Morgan fingerprint density at radius 2 is 1.90 bits per heavy atom. The van der Waals surface area contributed by atoms with Crippen molar-refractivity contribution in [2.45, 2.75) is 51.9 Å². The van der Waals surface area contributed by atoms with Gasteiger partial charge in [0.1, 0.15) is 35.0 Å². The van der Waals surface area contributed by atoms with E-state index in [-0.39, 0.29) is 48.6 Å². The lowest BCUT2D eigenvalue weighted by atomic mass is 10.00. The van der Waals surface area contributed by atoms with Gasteiger partial charge in [0.15, 0.2) is 0 Å². The Hall–Kier alpha value is -4.12. The number of nitrogens with zero attached hydrogens (tertiary/aromatic N) is 3. The second kappa shape index (κ2) is 12.0. The van der Waals surface area contributed by atoms with Gasteiger partial charge in [0, 0.05) is 19.0 Å². The lowest BCUT2D eigenvalue weighted by molar-refractivity contribution is -0.116. The number of imide groups is 1. The number of carbonyl (C=O) groups excluding carboxylic acids is 4. The molecule has 0 radical (unpaired) electrons. The van der Waals surface area contributed by atoms with E-state index in [4.69, 9.17) is 25.8 Å². The standard InChI is InChI=1S/C28H31ClN4O7/c1-17(34)32-10-5-6-11-38-20-9-7-8-18(12-20)13-21(30-25(35)19-14-23(29)31-24(32)15-19)22-16-33(26(36)39-22)27(37)40-28(2,3)4/h5-9,12,14-15,21-22H,10-11,13,16H2,1-4H3,(H,30,35)/b6-5-/t21-,22+/m0/s1. The number of nitrogens with one attached hydrogen (secondary N) is 1. The zero-order valence-corrected chi connectivity index (χ0v) is 23.4. The van der Waals surface area contributed by atoms with Crippen LogP contribution in [0, 0.1) is 0 Å². The first-order valence-corrected chi connectivity index (χ1v) is 13.1. The van der Waals surface area contributed by atoms with E-state index in [2.05, 4.69) is 10.3 Å². The van der Waals surface area contributed by atoms with Gasteiger partial charge >= 0.3 is 12.2 Å². The topological polar surface area (TPSA) is 127 Å². The molecule has 40 heavy (non-hydrogen) atoms. The second-order valence-electron chi connectivity index (χ2n) is 10.4. The monoisotopic (exact) mass is 570 g/mol. The van der Waals surface area contributed by atoms with Gasteiger partial charge in [-0.2, -0.15) is 0 Å². The molecule has 4 bridgehead atoms. The van der Waals surface area contributed by atoms with Gasteiger partial charge in [0.05, 0.1) is 12.6 Å². The number of amides is 4. The van der Waals surface area contributed by atoms with Crippen molar-refractivity contribution < 1.29 is 33.4 Å². The molecule has 0 spiro atoms. The van der Waals surface area contributed by atoms with Crippen LogP contribution in [0.2, 0.25) is 5.15 Å². The molecule has 2 aromatic rings. The van der Waals surface area contributed by atoms with E-state index >= 15 is 0 Å². The van der Waals surface area contributed by atoms with Gasteiger partial charge in [0.2, 0.25) is 5.91 Å². The molecule has 2 atom stereocenters. The molecule has 1 N–H and O–H groups in total. The minimum atomic E-state index is -0.874. The fourth-order valence-electron chi connectivity index (χ4n) is 4.23. The zero-order chi connectivity index (χ0) is 29.0. The van der Waals surface area contributed by atoms with E-state index in [9.17, 15) is 19.2 Å². The highest BCUT2D eigenvalue weighted by Gasteiger charge is 2.42. The summed E-state index contributed by atoms with van der Waals surface area (Å²) < 4.78 is 16.7. The summed E-state index contributed by atoms with van der Waals surface area (Å²) >= 11 is 6.24. The molecule has 0 aliphatic carbocycles. The molecule has 0 unspecified atom stereocenters. The smallest absolute Gasteiger partial charge is 0.419 e. The van der Waals surface area contributed by atoms with Gasteiger partial charge in [-0.1, -0.05) is 29.8 Å². The summed E-state index contributed by atoms with van der Waals surface area (Å²) in [6.07, 6.45) is 1.22. The first kappa shape index (κ1) is 28.9. The van der Waals surface area contributed by atoms with Crippen molar-refractivity contribution in [1.82, 2.24) is 15.2 Å². The number of rotatable bonds is 1. The molecule has 4 amide bonds. The second-order valence-corrected chi connectivity index (χ2v) is 10.8. The zero-order valence-electron chi connectivity index (χ0n) is 22.7. The summed E-state index contributed by atoms with van der Waals surface area (Å²) in [5, 5.41) is 2.94. The summed E-state index contributed by atoms with van der Waals surface area (Å²) in [6.45, 7) is 6.79. The highest BCUT2D eigenvalue weighted by atomic mass is 35.5. The number of anilines is 1. The Morgan fingerprint density at radius 1 is 1.12 bits per heavy atom. The molecular weight excluding hydrogens is 540 g/mol. The van der Waals surface area contributed by atoms with Crippen molar-refractivity contribution >= 4 is 41.4 Å². The number of cyclic esters (lactones) is 1. The predicted molar refractivity (Wildman–Crippen MR) is 147 cm³/mol. The first-order valence-electron chi connectivity index (χ1n) is 12.7. The Bertz CT molecular complexity index is 1340. The maximum Gasteiger partial charge on any atom is 0.419 e. The summed E-state index contributed by atoms with van der Waals surface area (Å²) in [7, 11) is 0. The molecule has 3 heterocycles. The van der Waals surface area contributed by atoms with Crippen LogP contribution < -0.4 is 15.0 Å². The van der Waals surface area contributed by atoms with Crippen LogP contribution in [0.4, 0.5) is 15.4 Å². The minimum absolute atomic E-state index is 0.0231. The third-order valence-electron chi connectivity index (χ3n) is 6.07. The lowest BCUT2D eigenvalue weighted by Gasteiger charge is -2.25. The van der Waals surface area contributed by atoms with Gasteiger partial charge < -0.3 is 19.5 Å². The van der Waals surface area contributed by atoms with Crippen molar-refractivity contribution in [2.24, 2.45) is 0 Å². The fourth-order valence-corrected chi connectivity index (χ4v) is 4.44. The Morgan fingerprint density at radius 3 is 2.62 bits per heavy atom. The van der Waals surface area contributed by atoms with Crippen LogP contribution in [0.3, 0.4) is 0 Å². The normalized spacial score (nSPS) is 20.7. The Labute approximate surface area is 237 Å². The quantitative estimate of drug-likeness (QED) is 0.400. The summed E-state index contributed by atoms with van der Waals surface area (Å²) in [6, 6.07) is 9.40. The number of aromatic nitrogens is 1. The average Bonchev–Trinajstić information content (AvgIpc) is 3.25. The number of carbonyl (C=O) groups is 4. The highest BCUT2D eigenvalue weighted by molar-refractivity contribution is 6.30. The molecule has 11 nitrogen and oxygen atoms in total. The van der Waals surface area contributed by atoms with Crippen LogP contribution >= 0.6 is 11.6 Å². The van der Waals surface area contributed by atoms with E-state index in [0.717, 1.165) is 10.5 Å². The number of fused-ring (bicyclic) bond motifs is 4. The maximum atomic E-state index is 13.5. The largest absolute Gasteiger partial charge is 0.490 e. The summed E-state index contributed by atoms with van der Waals surface area (Å²) in [4.78, 5) is 57.6. The fraction of sp³-hybridized carbons (Fsp3) is 0.393. The molecule has 1 aromatic carbocycles. The number of hydrogen-bond donors (Lipinski definition) is 1. The molecular formula is C28H31ClN4O7. The van der Waals surface area contributed by atoms with Crippen LogP contribution in [-0.4, -0.2) is 71.3 Å². The van der Waals surface area contributed by atoms with Gasteiger partial charge in [-0.3, -0.25) is 14.5 Å². The van der Waals surface area contributed by atoms with E-state index < -0.39 is 35.8 Å². The van der Waals surface area contributed by atoms with Crippen LogP contribution in [0.25, 0.3) is 0 Å². The molecule has 212 valence electrons. The van der Waals surface area contributed by atoms with Crippen LogP contribution in [-0.2, 0) is 20.7 Å². The molecule has 1 fully saturated rings.